The molecule has 1 N–H and O–H groups in total. The average Bonchev–Trinajstić information content (AvgIpc) is 2.49. The van der Waals surface area contributed by atoms with E-state index in [0.29, 0.717) is 0 Å². The van der Waals surface area contributed by atoms with Crippen molar-refractivity contribution in [2.24, 2.45) is 5.92 Å². The Bertz CT molecular complexity index is 346. The maximum atomic E-state index is 10.3. The van der Waals surface area contributed by atoms with Crippen molar-refractivity contribution in [1.29, 1.82) is 0 Å². The van der Waals surface area contributed by atoms with Crippen LogP contribution in [0.4, 0.5) is 0 Å². The number of aromatic nitrogens is 1. The van der Waals surface area contributed by atoms with Crippen molar-refractivity contribution in [1.82, 2.24) is 4.98 Å². The first-order chi connectivity index (χ1) is 9.31. The highest BCUT2D eigenvalue weighted by Gasteiger charge is 2.23. The van der Waals surface area contributed by atoms with E-state index in [2.05, 4.69) is 18.0 Å². The van der Waals surface area contributed by atoms with Crippen molar-refractivity contribution >= 4 is 0 Å². The van der Waals surface area contributed by atoms with Crippen molar-refractivity contribution in [3.63, 3.8) is 0 Å². The summed E-state index contributed by atoms with van der Waals surface area (Å²) in [6.45, 7) is 2.06. The first-order valence-electron chi connectivity index (χ1n) is 7.90. The second kappa shape index (κ2) is 7.64. The van der Waals surface area contributed by atoms with Crippen LogP contribution >= 0.6 is 0 Å². The third kappa shape index (κ3) is 4.31. The van der Waals surface area contributed by atoms with E-state index < -0.39 is 0 Å². The number of aliphatic hydroxyl groups excluding tert-OH is 1. The zero-order chi connectivity index (χ0) is 13.5. The Labute approximate surface area is 117 Å². The number of hydrogen-bond donors (Lipinski definition) is 1. The van der Waals surface area contributed by atoms with Crippen LogP contribution in [0.2, 0.25) is 0 Å². The fourth-order valence-electron chi connectivity index (χ4n) is 3.31. The van der Waals surface area contributed by atoms with E-state index in [9.17, 15) is 5.11 Å². The van der Waals surface area contributed by atoms with E-state index in [1.807, 2.05) is 18.3 Å². The molecule has 2 unspecified atom stereocenters. The predicted octanol–water partition coefficient (Wildman–Crippen LogP) is 4.30. The summed E-state index contributed by atoms with van der Waals surface area (Å²) in [6.07, 6.45) is 11.7. The monoisotopic (exact) mass is 261 g/mol. The minimum atomic E-state index is -0.251. The summed E-state index contributed by atoms with van der Waals surface area (Å²) in [5.74, 6) is 1.09. The number of hydrogen-bond acceptors (Lipinski definition) is 2. The van der Waals surface area contributed by atoms with Gasteiger partial charge in [-0.15, -0.1) is 0 Å². The number of pyridine rings is 1. The maximum Gasteiger partial charge on any atom is 0.0621 e. The molecule has 0 bridgehead atoms. The van der Waals surface area contributed by atoms with Gasteiger partial charge in [-0.05, 0) is 37.3 Å². The standard InChI is InChI=1S/C17H27NO/c1-2-17(19)15(16-10-6-7-13-18-16)12-11-14-8-4-3-5-9-14/h6-7,10,13-15,17,19H,2-5,8-9,11-12H2,1H3. The number of aliphatic hydroxyl groups is 1. The van der Waals surface area contributed by atoms with Gasteiger partial charge in [0.05, 0.1) is 6.10 Å². The second-order valence-corrected chi connectivity index (χ2v) is 5.92. The highest BCUT2D eigenvalue weighted by atomic mass is 16.3. The number of nitrogens with zero attached hydrogens (tertiary/aromatic N) is 1. The molecule has 0 radical (unpaired) electrons. The topological polar surface area (TPSA) is 33.1 Å². The maximum absolute atomic E-state index is 10.3. The lowest BCUT2D eigenvalue weighted by atomic mass is 9.82. The van der Waals surface area contributed by atoms with E-state index in [4.69, 9.17) is 0 Å². The average molecular weight is 261 g/mol. The molecular weight excluding hydrogens is 234 g/mol. The van der Waals surface area contributed by atoms with Gasteiger partial charge in [0.2, 0.25) is 0 Å². The van der Waals surface area contributed by atoms with Crippen molar-refractivity contribution in [3.05, 3.63) is 30.1 Å². The summed E-state index contributed by atoms with van der Waals surface area (Å²) in [6, 6.07) is 6.03. The zero-order valence-electron chi connectivity index (χ0n) is 12.1. The summed E-state index contributed by atoms with van der Waals surface area (Å²) in [5, 5.41) is 10.3. The molecule has 1 fully saturated rings. The van der Waals surface area contributed by atoms with Crippen LogP contribution in [-0.4, -0.2) is 16.2 Å². The summed E-state index contributed by atoms with van der Waals surface area (Å²) in [7, 11) is 0. The normalized spacial score (nSPS) is 20.1. The van der Waals surface area contributed by atoms with Crippen molar-refractivity contribution in [3.8, 4) is 0 Å². The highest BCUT2D eigenvalue weighted by molar-refractivity contribution is 5.11. The van der Waals surface area contributed by atoms with Gasteiger partial charge in [-0.1, -0.05) is 45.1 Å². The molecule has 1 saturated carbocycles. The first kappa shape index (κ1) is 14.5. The van der Waals surface area contributed by atoms with Crippen LogP contribution in [0.25, 0.3) is 0 Å². The summed E-state index contributed by atoms with van der Waals surface area (Å²) in [4.78, 5) is 4.45. The van der Waals surface area contributed by atoms with Gasteiger partial charge >= 0.3 is 0 Å². The van der Waals surface area contributed by atoms with Gasteiger partial charge in [-0.3, -0.25) is 4.98 Å². The Balaban J connectivity index is 1.94. The Kier molecular flexibility index (Phi) is 5.84. The molecule has 106 valence electrons. The van der Waals surface area contributed by atoms with Gasteiger partial charge in [0.1, 0.15) is 0 Å². The van der Waals surface area contributed by atoms with Crippen LogP contribution < -0.4 is 0 Å². The SMILES string of the molecule is CCC(O)C(CCC1CCCCC1)c1ccccn1. The second-order valence-electron chi connectivity index (χ2n) is 5.92. The van der Waals surface area contributed by atoms with Gasteiger partial charge in [0.15, 0.2) is 0 Å². The van der Waals surface area contributed by atoms with Crippen molar-refractivity contribution in [2.45, 2.75) is 70.3 Å². The van der Waals surface area contributed by atoms with E-state index in [1.165, 1.54) is 38.5 Å². The highest BCUT2D eigenvalue weighted by Crippen LogP contribution is 2.32. The molecule has 0 saturated heterocycles. The molecule has 0 amide bonds. The molecule has 1 aromatic rings. The lowest BCUT2D eigenvalue weighted by Gasteiger charge is -2.26. The van der Waals surface area contributed by atoms with Crippen LogP contribution in [0, 0.1) is 5.92 Å². The van der Waals surface area contributed by atoms with E-state index in [-0.39, 0.29) is 12.0 Å². The molecule has 2 heteroatoms. The fraction of sp³-hybridized carbons (Fsp3) is 0.706. The molecule has 1 aliphatic carbocycles. The van der Waals surface area contributed by atoms with E-state index >= 15 is 0 Å². The Morgan fingerprint density at radius 2 is 2.05 bits per heavy atom. The van der Waals surface area contributed by atoms with Gasteiger partial charge in [-0.2, -0.15) is 0 Å². The van der Waals surface area contributed by atoms with Crippen molar-refractivity contribution in [2.75, 3.05) is 0 Å². The molecule has 1 aliphatic rings. The fourth-order valence-corrected chi connectivity index (χ4v) is 3.31. The third-order valence-corrected chi connectivity index (χ3v) is 4.56. The van der Waals surface area contributed by atoms with Crippen molar-refractivity contribution < 1.29 is 5.11 Å². The largest absolute Gasteiger partial charge is 0.392 e. The van der Waals surface area contributed by atoms with Gasteiger partial charge in [0.25, 0.3) is 0 Å². The smallest absolute Gasteiger partial charge is 0.0621 e. The van der Waals surface area contributed by atoms with Gasteiger partial charge in [-0.25, -0.2) is 0 Å². The first-order valence-corrected chi connectivity index (χ1v) is 7.90. The molecule has 2 atom stereocenters. The molecular formula is C17H27NO. The van der Waals surface area contributed by atoms with Gasteiger partial charge in [0, 0.05) is 17.8 Å². The summed E-state index contributed by atoms with van der Waals surface area (Å²) >= 11 is 0. The lowest BCUT2D eigenvalue weighted by molar-refractivity contribution is 0.127. The van der Waals surface area contributed by atoms with Crippen LogP contribution in [0.3, 0.4) is 0 Å². The molecule has 0 aliphatic heterocycles. The van der Waals surface area contributed by atoms with Crippen LogP contribution in [-0.2, 0) is 0 Å². The van der Waals surface area contributed by atoms with Crippen LogP contribution in [0.1, 0.15) is 69.9 Å². The van der Waals surface area contributed by atoms with Crippen LogP contribution in [0.15, 0.2) is 24.4 Å². The van der Waals surface area contributed by atoms with E-state index in [1.54, 1.807) is 0 Å². The summed E-state index contributed by atoms with van der Waals surface area (Å²) < 4.78 is 0. The minimum absolute atomic E-state index is 0.216. The quantitative estimate of drug-likeness (QED) is 0.828. The molecule has 0 spiro atoms. The zero-order valence-corrected chi connectivity index (χ0v) is 12.1. The molecule has 0 aromatic carbocycles. The van der Waals surface area contributed by atoms with Crippen LogP contribution in [0.5, 0.6) is 0 Å². The third-order valence-electron chi connectivity index (χ3n) is 4.56. The van der Waals surface area contributed by atoms with E-state index in [0.717, 1.165) is 24.5 Å². The number of rotatable bonds is 6. The Hall–Kier alpha value is -0.890. The molecule has 1 heterocycles. The predicted molar refractivity (Wildman–Crippen MR) is 79.1 cm³/mol. The summed E-state index contributed by atoms with van der Waals surface area (Å²) in [5.41, 5.74) is 1.06. The van der Waals surface area contributed by atoms with Gasteiger partial charge < -0.3 is 5.11 Å². The molecule has 1 aromatic heterocycles. The Morgan fingerprint density at radius 3 is 2.68 bits per heavy atom. The molecule has 19 heavy (non-hydrogen) atoms. The minimum Gasteiger partial charge on any atom is -0.392 e. The Morgan fingerprint density at radius 1 is 1.26 bits per heavy atom. The lowest BCUT2D eigenvalue weighted by Crippen LogP contribution is -2.20. The molecule has 2 rings (SSSR count). The molecule has 2 nitrogen and oxygen atoms in total.